The molecular weight excluding hydrogens is 664 g/mol. The Morgan fingerprint density at radius 3 is 2.52 bits per heavy atom. The lowest BCUT2D eigenvalue weighted by Crippen LogP contribution is -2.40. The summed E-state index contributed by atoms with van der Waals surface area (Å²) in [6.45, 7) is 4.35. The van der Waals surface area contributed by atoms with Gasteiger partial charge in [-0.1, -0.05) is 53.8 Å². The molecule has 222 valence electrons. The molecule has 0 N–H and O–H groups in total. The van der Waals surface area contributed by atoms with Crippen LogP contribution in [0.5, 0.6) is 5.75 Å². The highest BCUT2D eigenvalue weighted by Gasteiger charge is 2.35. The van der Waals surface area contributed by atoms with Crippen molar-refractivity contribution in [3.05, 3.63) is 126 Å². The average molecular weight is 690 g/mol. The van der Waals surface area contributed by atoms with Crippen LogP contribution in [0.2, 0.25) is 0 Å². The van der Waals surface area contributed by atoms with Gasteiger partial charge >= 0.3 is 5.97 Å². The highest BCUT2D eigenvalue weighted by molar-refractivity contribution is 9.10. The van der Waals surface area contributed by atoms with Crippen LogP contribution in [0.25, 0.3) is 11.8 Å². The molecule has 12 heteroatoms. The first-order valence-corrected chi connectivity index (χ1v) is 16.1. The van der Waals surface area contributed by atoms with E-state index in [1.54, 1.807) is 42.1 Å². The van der Waals surface area contributed by atoms with Crippen molar-refractivity contribution < 1.29 is 18.7 Å². The van der Waals surface area contributed by atoms with E-state index in [9.17, 15) is 9.59 Å². The molecule has 0 aliphatic carbocycles. The quantitative estimate of drug-likeness (QED) is 0.145. The molecule has 0 amide bonds. The molecule has 0 spiro atoms. The zero-order valence-electron chi connectivity index (χ0n) is 23.6. The second kappa shape index (κ2) is 13.2. The van der Waals surface area contributed by atoms with Gasteiger partial charge < -0.3 is 13.9 Å². The van der Waals surface area contributed by atoms with Crippen molar-refractivity contribution in [1.29, 1.82) is 0 Å². The van der Waals surface area contributed by atoms with Crippen molar-refractivity contribution in [2.75, 3.05) is 13.2 Å². The van der Waals surface area contributed by atoms with Crippen molar-refractivity contribution in [3.8, 4) is 5.75 Å². The number of esters is 1. The van der Waals surface area contributed by atoms with Crippen LogP contribution in [-0.4, -0.2) is 33.7 Å². The van der Waals surface area contributed by atoms with Gasteiger partial charge in [-0.15, -0.1) is 0 Å². The SMILES string of the molecule is CCOC(=O)C1=C(c2ccccc2)N=c2s/c(=C\c3cc(Br)c(Sc4ncccn4)o3)c(=O)n2[C@@H]1c1ccc(OCC)cc1. The fraction of sp³-hybridized carbons (Fsp3) is 0.156. The Morgan fingerprint density at radius 1 is 1.07 bits per heavy atom. The number of nitrogens with zero attached hydrogens (tertiary/aromatic N) is 4. The Labute approximate surface area is 268 Å². The van der Waals surface area contributed by atoms with Crippen molar-refractivity contribution in [3.63, 3.8) is 0 Å². The van der Waals surface area contributed by atoms with E-state index in [0.29, 0.717) is 47.9 Å². The lowest BCUT2D eigenvalue weighted by molar-refractivity contribution is -0.138. The van der Waals surface area contributed by atoms with Gasteiger partial charge in [-0.05, 0) is 71.4 Å². The van der Waals surface area contributed by atoms with Crippen LogP contribution in [0.4, 0.5) is 0 Å². The minimum atomic E-state index is -0.789. The number of thiazole rings is 1. The lowest BCUT2D eigenvalue weighted by Gasteiger charge is -2.26. The van der Waals surface area contributed by atoms with Gasteiger partial charge in [-0.25, -0.2) is 19.8 Å². The Kier molecular flexibility index (Phi) is 8.91. The largest absolute Gasteiger partial charge is 0.494 e. The molecule has 4 heterocycles. The topological polar surface area (TPSA) is 109 Å². The van der Waals surface area contributed by atoms with E-state index in [0.717, 1.165) is 11.1 Å². The molecule has 1 aliphatic rings. The first kappa shape index (κ1) is 29.8. The second-order valence-electron chi connectivity index (χ2n) is 9.35. The van der Waals surface area contributed by atoms with Crippen LogP contribution in [0.1, 0.15) is 36.8 Å². The average Bonchev–Trinajstić information content (AvgIpc) is 3.55. The molecule has 0 saturated carbocycles. The monoisotopic (exact) mass is 688 g/mol. The third-order valence-corrected chi connectivity index (χ3v) is 9.27. The Morgan fingerprint density at radius 2 is 1.82 bits per heavy atom. The lowest BCUT2D eigenvalue weighted by atomic mass is 9.93. The van der Waals surface area contributed by atoms with Crippen molar-refractivity contribution >= 4 is 56.8 Å². The number of halogens is 1. The first-order chi connectivity index (χ1) is 21.5. The summed E-state index contributed by atoms with van der Waals surface area (Å²) in [6, 6.07) is 19.5. The fourth-order valence-corrected chi connectivity index (χ4v) is 6.95. The summed E-state index contributed by atoms with van der Waals surface area (Å²) in [6.07, 6.45) is 4.99. The van der Waals surface area contributed by atoms with Crippen LogP contribution in [0.15, 0.2) is 114 Å². The van der Waals surface area contributed by atoms with Gasteiger partial charge in [-0.2, -0.15) is 0 Å². The van der Waals surface area contributed by atoms with Gasteiger partial charge in [0, 0.05) is 24.0 Å². The molecule has 6 rings (SSSR count). The van der Waals surface area contributed by atoms with E-state index in [1.807, 2.05) is 61.5 Å². The molecule has 9 nitrogen and oxygen atoms in total. The minimum absolute atomic E-state index is 0.173. The molecule has 1 atom stereocenters. The van der Waals surface area contributed by atoms with Gasteiger partial charge in [0.1, 0.15) is 11.5 Å². The van der Waals surface area contributed by atoms with Crippen molar-refractivity contribution in [2.24, 2.45) is 4.99 Å². The first-order valence-electron chi connectivity index (χ1n) is 13.7. The maximum absolute atomic E-state index is 14.1. The highest BCUT2D eigenvalue weighted by Crippen LogP contribution is 2.36. The van der Waals surface area contributed by atoms with Crippen LogP contribution in [0, 0.1) is 0 Å². The number of furan rings is 1. The van der Waals surface area contributed by atoms with Crippen LogP contribution in [0.3, 0.4) is 0 Å². The maximum Gasteiger partial charge on any atom is 0.338 e. The molecule has 1 aliphatic heterocycles. The number of ether oxygens (including phenoxy) is 2. The Bertz CT molecular complexity index is 2020. The summed E-state index contributed by atoms with van der Waals surface area (Å²) in [5, 5.41) is 1.09. The van der Waals surface area contributed by atoms with Crippen LogP contribution in [-0.2, 0) is 9.53 Å². The van der Waals surface area contributed by atoms with Gasteiger partial charge in [0.2, 0.25) is 0 Å². The number of carbonyl (C=O) groups is 1. The van der Waals surface area contributed by atoms with E-state index in [4.69, 9.17) is 18.9 Å². The third kappa shape index (κ3) is 6.05. The third-order valence-electron chi connectivity index (χ3n) is 6.55. The summed E-state index contributed by atoms with van der Waals surface area (Å²) in [4.78, 5) is 41.5. The number of hydrogen-bond donors (Lipinski definition) is 0. The molecule has 0 bridgehead atoms. The van der Waals surface area contributed by atoms with Crippen molar-refractivity contribution in [2.45, 2.75) is 30.1 Å². The number of carbonyl (C=O) groups excluding carboxylic acids is 1. The summed E-state index contributed by atoms with van der Waals surface area (Å²) >= 11 is 6.02. The second-order valence-corrected chi connectivity index (χ2v) is 12.2. The summed E-state index contributed by atoms with van der Waals surface area (Å²) in [5.41, 5.74) is 1.88. The minimum Gasteiger partial charge on any atom is -0.494 e. The van der Waals surface area contributed by atoms with Crippen LogP contribution >= 0.6 is 39.0 Å². The normalized spacial score (nSPS) is 14.7. The summed E-state index contributed by atoms with van der Waals surface area (Å²) < 4.78 is 19.9. The molecule has 5 aromatic rings. The standard InChI is InChI=1S/C32H25BrN4O5S2/c1-3-40-21-13-11-20(12-14-21)27-25(29(39)41-4-2)26(19-9-6-5-7-10-19)36-32-37(27)28(38)24(43-32)18-22-17-23(33)30(42-22)44-31-34-15-8-16-35-31/h5-18,27H,3-4H2,1-2H3/b24-18-/t27-/m1/s1. The Balaban J connectivity index is 1.53. The molecule has 0 fully saturated rings. The zero-order valence-corrected chi connectivity index (χ0v) is 26.8. The Hall–Kier alpha value is -4.26. The smallest absolute Gasteiger partial charge is 0.338 e. The van der Waals surface area contributed by atoms with E-state index < -0.39 is 12.0 Å². The predicted molar refractivity (Wildman–Crippen MR) is 171 cm³/mol. The van der Waals surface area contributed by atoms with Crippen LogP contribution < -0.4 is 19.6 Å². The predicted octanol–water partition coefficient (Wildman–Crippen LogP) is 5.63. The van der Waals surface area contributed by atoms with E-state index in [1.165, 1.54) is 23.1 Å². The molecular formula is C32H25BrN4O5S2. The molecule has 3 aromatic heterocycles. The number of hydrogen-bond acceptors (Lipinski definition) is 10. The van der Waals surface area contributed by atoms with Crippen molar-refractivity contribution in [1.82, 2.24) is 14.5 Å². The van der Waals surface area contributed by atoms with E-state index in [-0.39, 0.29) is 17.7 Å². The summed E-state index contributed by atoms with van der Waals surface area (Å²) in [5.74, 6) is 0.612. The van der Waals surface area contributed by atoms with Gasteiger partial charge in [0.15, 0.2) is 15.1 Å². The van der Waals surface area contributed by atoms with Gasteiger partial charge in [0.05, 0.1) is 39.5 Å². The number of benzene rings is 2. The zero-order chi connectivity index (χ0) is 30.6. The maximum atomic E-state index is 14.1. The number of fused-ring (bicyclic) bond motifs is 1. The molecule has 0 saturated heterocycles. The number of rotatable bonds is 9. The summed E-state index contributed by atoms with van der Waals surface area (Å²) in [7, 11) is 0. The van der Waals surface area contributed by atoms with E-state index in [2.05, 4.69) is 25.9 Å². The molecule has 2 aromatic carbocycles. The van der Waals surface area contributed by atoms with Gasteiger partial charge in [-0.3, -0.25) is 9.36 Å². The fourth-order valence-electron chi connectivity index (χ4n) is 4.73. The molecule has 44 heavy (non-hydrogen) atoms. The highest BCUT2D eigenvalue weighted by atomic mass is 79.9. The van der Waals surface area contributed by atoms with Gasteiger partial charge in [0.25, 0.3) is 5.56 Å². The molecule has 0 radical (unpaired) electrons. The molecule has 0 unspecified atom stereocenters. The van der Waals surface area contributed by atoms with E-state index >= 15 is 0 Å². The number of aromatic nitrogens is 3.